The summed E-state index contributed by atoms with van der Waals surface area (Å²) in [5.74, 6) is 0.819. The Morgan fingerprint density at radius 2 is 2.15 bits per heavy atom. The minimum Gasteiger partial charge on any atom is -0.316 e. The van der Waals surface area contributed by atoms with Gasteiger partial charge in [-0.05, 0) is 56.0 Å². The van der Waals surface area contributed by atoms with E-state index in [1.54, 1.807) is 0 Å². The van der Waals surface area contributed by atoms with Gasteiger partial charge in [-0.15, -0.1) is 0 Å². The highest BCUT2D eigenvalue weighted by Gasteiger charge is 2.58. The molecule has 0 radical (unpaired) electrons. The van der Waals surface area contributed by atoms with E-state index in [-0.39, 0.29) is 0 Å². The van der Waals surface area contributed by atoms with E-state index in [1.807, 2.05) is 12.1 Å². The summed E-state index contributed by atoms with van der Waals surface area (Å²) in [6, 6.07) is 7.09. The lowest BCUT2D eigenvalue weighted by atomic mass is 9.95. The van der Waals surface area contributed by atoms with Gasteiger partial charge >= 0.3 is 0 Å². The molecule has 0 amide bonds. The van der Waals surface area contributed by atoms with Crippen LogP contribution in [0.5, 0.6) is 0 Å². The normalized spacial score (nSPS) is 39.6. The molecule has 0 bridgehead atoms. The van der Waals surface area contributed by atoms with E-state index in [1.165, 1.54) is 37.9 Å². The minimum absolute atomic E-state index is 0.383. The van der Waals surface area contributed by atoms with Crippen LogP contribution in [-0.2, 0) is 5.41 Å². The largest absolute Gasteiger partial charge is 0.316 e. The summed E-state index contributed by atoms with van der Waals surface area (Å²) in [7, 11) is 0. The topological polar surface area (TPSA) is 15.0 Å². The number of halogens is 2. The molecular weight excluding hydrogens is 291 g/mol. The summed E-state index contributed by atoms with van der Waals surface area (Å²) in [6.07, 6.45) is 4.25. The maximum Gasteiger partial charge on any atom is 0.0595 e. The van der Waals surface area contributed by atoms with E-state index in [2.05, 4.69) is 16.3 Å². The van der Waals surface area contributed by atoms with Crippen LogP contribution in [0.4, 0.5) is 0 Å². The average Bonchev–Trinajstić information content (AvgIpc) is 3.28. The lowest BCUT2D eigenvalue weighted by molar-refractivity contribution is 0.593. The van der Waals surface area contributed by atoms with Crippen LogP contribution in [-0.4, -0.2) is 37.1 Å². The van der Waals surface area contributed by atoms with Gasteiger partial charge in [0, 0.05) is 24.5 Å². The summed E-state index contributed by atoms with van der Waals surface area (Å²) in [6.45, 7) is 5.06. The molecule has 4 fully saturated rings. The molecule has 4 unspecified atom stereocenters. The molecule has 2 nitrogen and oxygen atoms in total. The fourth-order valence-corrected chi connectivity index (χ4v) is 4.20. The Morgan fingerprint density at radius 1 is 1.25 bits per heavy atom. The van der Waals surface area contributed by atoms with Crippen molar-refractivity contribution >= 4 is 23.2 Å². The number of nitrogens with one attached hydrogen (secondary N) is 1. The third kappa shape index (κ3) is 2.27. The van der Waals surface area contributed by atoms with Gasteiger partial charge in [0.1, 0.15) is 0 Å². The molecular formula is C16H20Cl2N2. The molecule has 1 aliphatic carbocycles. The SMILES string of the molecule is C1CC2CN2C1.Clc1ccc(C23CNCC2C3)cc1Cl. The Hall–Kier alpha value is -0.280. The summed E-state index contributed by atoms with van der Waals surface area (Å²) in [4.78, 5) is 2.53. The van der Waals surface area contributed by atoms with Crippen molar-refractivity contribution in [1.82, 2.24) is 10.2 Å². The van der Waals surface area contributed by atoms with Crippen molar-refractivity contribution in [2.75, 3.05) is 26.2 Å². The molecule has 0 spiro atoms. The average molecular weight is 311 g/mol. The van der Waals surface area contributed by atoms with Crippen molar-refractivity contribution < 1.29 is 0 Å². The van der Waals surface area contributed by atoms with Crippen molar-refractivity contribution in [3.63, 3.8) is 0 Å². The molecule has 0 aromatic heterocycles. The van der Waals surface area contributed by atoms with Gasteiger partial charge in [0.05, 0.1) is 10.0 Å². The summed E-state index contributed by atoms with van der Waals surface area (Å²) >= 11 is 11.9. The zero-order chi connectivity index (χ0) is 13.7. The smallest absolute Gasteiger partial charge is 0.0595 e. The van der Waals surface area contributed by atoms with Crippen LogP contribution >= 0.6 is 23.2 Å². The fourth-order valence-electron chi connectivity index (χ4n) is 3.90. The van der Waals surface area contributed by atoms with E-state index in [4.69, 9.17) is 23.2 Å². The van der Waals surface area contributed by atoms with Crippen LogP contribution in [0.1, 0.15) is 24.8 Å². The summed E-state index contributed by atoms with van der Waals surface area (Å²) < 4.78 is 0. The van der Waals surface area contributed by atoms with Crippen molar-refractivity contribution in [3.8, 4) is 0 Å². The zero-order valence-corrected chi connectivity index (χ0v) is 13.1. The third-order valence-corrected chi connectivity index (χ3v) is 6.11. The van der Waals surface area contributed by atoms with Gasteiger partial charge in [-0.1, -0.05) is 29.3 Å². The van der Waals surface area contributed by atoms with Gasteiger partial charge in [0.15, 0.2) is 0 Å². The number of hydrogen-bond acceptors (Lipinski definition) is 2. The molecule has 4 heteroatoms. The molecule has 3 heterocycles. The Kier molecular flexibility index (Phi) is 3.26. The van der Waals surface area contributed by atoms with Crippen LogP contribution < -0.4 is 5.32 Å². The molecule has 3 aliphatic heterocycles. The molecule has 108 valence electrons. The van der Waals surface area contributed by atoms with Crippen molar-refractivity contribution in [1.29, 1.82) is 0 Å². The third-order valence-electron chi connectivity index (χ3n) is 5.37. The highest BCUT2D eigenvalue weighted by molar-refractivity contribution is 6.42. The van der Waals surface area contributed by atoms with E-state index >= 15 is 0 Å². The fraction of sp³-hybridized carbons (Fsp3) is 0.625. The maximum atomic E-state index is 6.02. The first-order chi connectivity index (χ1) is 9.69. The van der Waals surface area contributed by atoms with Gasteiger partial charge in [0.25, 0.3) is 0 Å². The predicted octanol–water partition coefficient (Wildman–Crippen LogP) is 3.32. The number of benzene rings is 1. The minimum atomic E-state index is 0.383. The second-order valence-corrected chi connectivity index (χ2v) is 7.42. The van der Waals surface area contributed by atoms with Crippen LogP contribution in [0.25, 0.3) is 0 Å². The Bertz CT molecular complexity index is 525. The first-order valence-electron chi connectivity index (χ1n) is 7.59. The zero-order valence-electron chi connectivity index (χ0n) is 11.5. The van der Waals surface area contributed by atoms with Crippen LogP contribution in [0, 0.1) is 5.92 Å². The second-order valence-electron chi connectivity index (χ2n) is 6.61. The lowest BCUT2D eigenvalue weighted by Crippen LogP contribution is -2.19. The Morgan fingerprint density at radius 3 is 2.60 bits per heavy atom. The molecule has 5 rings (SSSR count). The molecule has 1 N–H and O–H groups in total. The van der Waals surface area contributed by atoms with Crippen molar-refractivity contribution in [2.24, 2.45) is 5.92 Å². The summed E-state index contributed by atoms with van der Waals surface area (Å²) in [5, 5.41) is 4.74. The number of fused-ring (bicyclic) bond motifs is 2. The number of piperidine rings is 2. The van der Waals surface area contributed by atoms with Gasteiger partial charge in [0.2, 0.25) is 0 Å². The van der Waals surface area contributed by atoms with Crippen LogP contribution in [0.3, 0.4) is 0 Å². The molecule has 1 saturated carbocycles. The maximum absolute atomic E-state index is 6.02. The van der Waals surface area contributed by atoms with Gasteiger partial charge in [-0.3, -0.25) is 4.90 Å². The first-order valence-corrected chi connectivity index (χ1v) is 8.35. The highest BCUT2D eigenvalue weighted by Crippen LogP contribution is 2.56. The second kappa shape index (κ2) is 4.88. The number of nitrogens with zero attached hydrogens (tertiary/aromatic N) is 1. The molecule has 4 aliphatic rings. The van der Waals surface area contributed by atoms with Crippen molar-refractivity contribution in [3.05, 3.63) is 33.8 Å². The monoisotopic (exact) mass is 310 g/mol. The molecule has 1 aromatic rings. The molecule has 3 saturated heterocycles. The standard InChI is InChI=1S/C11H11Cl2N.C5H9N/c12-9-2-1-7(3-10(9)13)11-4-8(11)5-14-6-11;1-2-5-4-6(5)3-1/h1-3,8,14H,4-6H2;5H,1-4H2. The molecule has 1 aromatic carbocycles. The van der Waals surface area contributed by atoms with Crippen molar-refractivity contribution in [2.45, 2.75) is 30.7 Å². The van der Waals surface area contributed by atoms with Gasteiger partial charge < -0.3 is 5.32 Å². The first kappa shape index (κ1) is 13.4. The molecule has 20 heavy (non-hydrogen) atoms. The van der Waals surface area contributed by atoms with Gasteiger partial charge in [-0.25, -0.2) is 0 Å². The van der Waals surface area contributed by atoms with E-state index < -0.39 is 0 Å². The van der Waals surface area contributed by atoms with E-state index in [9.17, 15) is 0 Å². The highest BCUT2D eigenvalue weighted by atomic mass is 35.5. The molecule has 4 atom stereocenters. The van der Waals surface area contributed by atoms with Crippen LogP contribution in [0.2, 0.25) is 10.0 Å². The quantitative estimate of drug-likeness (QED) is 0.800. The summed E-state index contributed by atoms with van der Waals surface area (Å²) in [5.41, 5.74) is 1.73. The van der Waals surface area contributed by atoms with E-state index in [0.717, 1.165) is 25.0 Å². The van der Waals surface area contributed by atoms with Gasteiger partial charge in [-0.2, -0.15) is 0 Å². The predicted molar refractivity (Wildman–Crippen MR) is 83.7 cm³/mol. The number of rotatable bonds is 1. The van der Waals surface area contributed by atoms with E-state index in [0.29, 0.717) is 15.5 Å². The lowest BCUT2D eigenvalue weighted by Gasteiger charge is -2.12. The Labute approximate surface area is 130 Å². The number of hydrogen-bond donors (Lipinski definition) is 1. The Balaban J connectivity index is 0.000000146. The van der Waals surface area contributed by atoms with Crippen LogP contribution in [0.15, 0.2) is 18.2 Å².